The molecule has 1 amide bonds. The average Bonchev–Trinajstić information content (AvgIpc) is 2.89. The van der Waals surface area contributed by atoms with Crippen LogP contribution < -0.4 is 5.73 Å². The van der Waals surface area contributed by atoms with Crippen LogP contribution in [0.15, 0.2) is 24.4 Å². The Hall–Kier alpha value is -1.88. The Morgan fingerprint density at radius 1 is 1.50 bits per heavy atom. The number of nitrogens with one attached hydrogen (secondary N) is 1. The van der Waals surface area contributed by atoms with Crippen LogP contribution in [-0.2, 0) is 11.3 Å². The second-order valence-corrected chi connectivity index (χ2v) is 5.81. The SMILES string of the molecule is C[C@@]1(C(N)=O)CCCCN1Cc1ccc2cn[nH]c2c1. The van der Waals surface area contributed by atoms with Gasteiger partial charge in [0, 0.05) is 11.9 Å². The van der Waals surface area contributed by atoms with Crippen molar-refractivity contribution in [2.75, 3.05) is 6.54 Å². The van der Waals surface area contributed by atoms with Gasteiger partial charge in [0.05, 0.1) is 17.3 Å². The molecule has 0 bridgehead atoms. The van der Waals surface area contributed by atoms with Gasteiger partial charge in [-0.05, 0) is 44.4 Å². The number of rotatable bonds is 3. The molecule has 2 aromatic rings. The van der Waals surface area contributed by atoms with Gasteiger partial charge >= 0.3 is 0 Å². The fourth-order valence-electron chi connectivity index (χ4n) is 3.01. The van der Waals surface area contributed by atoms with Gasteiger partial charge in [0.1, 0.15) is 0 Å². The van der Waals surface area contributed by atoms with Gasteiger partial charge in [0.15, 0.2) is 0 Å². The Morgan fingerprint density at radius 3 is 3.15 bits per heavy atom. The monoisotopic (exact) mass is 272 g/mol. The molecule has 5 nitrogen and oxygen atoms in total. The van der Waals surface area contributed by atoms with E-state index in [-0.39, 0.29) is 5.91 Å². The van der Waals surface area contributed by atoms with Crippen LogP contribution >= 0.6 is 0 Å². The fourth-order valence-corrected chi connectivity index (χ4v) is 3.01. The van der Waals surface area contributed by atoms with Crippen molar-refractivity contribution < 1.29 is 4.79 Å². The largest absolute Gasteiger partial charge is 0.368 e. The first-order valence-electron chi connectivity index (χ1n) is 7.06. The van der Waals surface area contributed by atoms with E-state index in [0.29, 0.717) is 0 Å². The molecule has 1 saturated heterocycles. The molecule has 0 radical (unpaired) electrons. The first-order valence-corrected chi connectivity index (χ1v) is 7.06. The Kier molecular flexibility index (Phi) is 3.22. The van der Waals surface area contributed by atoms with Crippen molar-refractivity contribution >= 4 is 16.8 Å². The molecule has 1 aromatic heterocycles. The molecule has 1 fully saturated rings. The van der Waals surface area contributed by atoms with E-state index in [4.69, 9.17) is 5.73 Å². The number of hydrogen-bond acceptors (Lipinski definition) is 3. The minimum absolute atomic E-state index is 0.222. The number of fused-ring (bicyclic) bond motifs is 1. The maximum Gasteiger partial charge on any atom is 0.237 e. The predicted molar refractivity (Wildman–Crippen MR) is 78.0 cm³/mol. The zero-order valence-corrected chi connectivity index (χ0v) is 11.7. The van der Waals surface area contributed by atoms with Gasteiger partial charge in [0.2, 0.25) is 5.91 Å². The van der Waals surface area contributed by atoms with E-state index in [1.165, 1.54) is 5.56 Å². The highest BCUT2D eigenvalue weighted by atomic mass is 16.1. The predicted octanol–water partition coefficient (Wildman–Crippen LogP) is 1.79. The quantitative estimate of drug-likeness (QED) is 0.894. The maximum absolute atomic E-state index is 11.8. The van der Waals surface area contributed by atoms with Crippen LogP contribution in [0.1, 0.15) is 31.7 Å². The summed E-state index contributed by atoms with van der Waals surface area (Å²) < 4.78 is 0. The molecule has 3 rings (SSSR count). The highest BCUT2D eigenvalue weighted by Crippen LogP contribution is 2.29. The van der Waals surface area contributed by atoms with E-state index in [1.807, 2.05) is 13.1 Å². The second-order valence-electron chi connectivity index (χ2n) is 5.81. The van der Waals surface area contributed by atoms with Gasteiger partial charge in [-0.3, -0.25) is 14.8 Å². The minimum atomic E-state index is -0.527. The lowest BCUT2D eigenvalue weighted by molar-refractivity contribution is -0.131. The molecular weight excluding hydrogens is 252 g/mol. The van der Waals surface area contributed by atoms with E-state index in [9.17, 15) is 4.79 Å². The van der Waals surface area contributed by atoms with Gasteiger partial charge in [-0.1, -0.05) is 12.1 Å². The van der Waals surface area contributed by atoms with E-state index < -0.39 is 5.54 Å². The van der Waals surface area contributed by atoms with Crippen LogP contribution in [0.5, 0.6) is 0 Å². The lowest BCUT2D eigenvalue weighted by Crippen LogP contribution is -2.57. The highest BCUT2D eigenvalue weighted by Gasteiger charge is 2.39. The molecule has 5 heteroatoms. The van der Waals surface area contributed by atoms with Gasteiger partial charge < -0.3 is 5.73 Å². The van der Waals surface area contributed by atoms with Crippen molar-refractivity contribution in [1.82, 2.24) is 15.1 Å². The van der Waals surface area contributed by atoms with E-state index in [0.717, 1.165) is 43.3 Å². The molecule has 1 aliphatic rings. The van der Waals surface area contributed by atoms with Crippen LogP contribution in [-0.4, -0.2) is 33.1 Å². The van der Waals surface area contributed by atoms with E-state index in [1.54, 1.807) is 0 Å². The maximum atomic E-state index is 11.8. The number of piperidine rings is 1. The lowest BCUT2D eigenvalue weighted by Gasteiger charge is -2.42. The summed E-state index contributed by atoms with van der Waals surface area (Å²) in [6.07, 6.45) is 4.84. The number of aromatic amines is 1. The van der Waals surface area contributed by atoms with Gasteiger partial charge in [-0.25, -0.2) is 0 Å². The Labute approximate surface area is 118 Å². The van der Waals surface area contributed by atoms with Crippen molar-refractivity contribution in [2.24, 2.45) is 5.73 Å². The van der Waals surface area contributed by atoms with Crippen LogP contribution in [0, 0.1) is 0 Å². The third-order valence-corrected chi connectivity index (χ3v) is 4.45. The summed E-state index contributed by atoms with van der Waals surface area (Å²) in [6.45, 7) is 3.62. The van der Waals surface area contributed by atoms with Crippen LogP contribution in [0.3, 0.4) is 0 Å². The third kappa shape index (κ3) is 2.18. The molecule has 0 unspecified atom stereocenters. The first kappa shape index (κ1) is 13.1. The van der Waals surface area contributed by atoms with Crippen molar-refractivity contribution in [3.8, 4) is 0 Å². The van der Waals surface area contributed by atoms with Crippen molar-refractivity contribution in [3.05, 3.63) is 30.0 Å². The molecule has 1 aliphatic heterocycles. The molecule has 2 heterocycles. The van der Waals surface area contributed by atoms with E-state index in [2.05, 4.69) is 33.3 Å². The molecule has 1 aromatic carbocycles. The fraction of sp³-hybridized carbons (Fsp3) is 0.467. The second kappa shape index (κ2) is 4.90. The van der Waals surface area contributed by atoms with Crippen LogP contribution in [0.25, 0.3) is 10.9 Å². The Balaban J connectivity index is 1.86. The molecule has 20 heavy (non-hydrogen) atoms. The number of primary amides is 1. The number of carbonyl (C=O) groups excluding carboxylic acids is 1. The van der Waals surface area contributed by atoms with Gasteiger partial charge in [-0.15, -0.1) is 0 Å². The summed E-state index contributed by atoms with van der Waals surface area (Å²) in [4.78, 5) is 14.0. The zero-order chi connectivity index (χ0) is 14.2. The summed E-state index contributed by atoms with van der Waals surface area (Å²) in [5.74, 6) is -0.222. The number of nitrogens with two attached hydrogens (primary N) is 1. The van der Waals surface area contributed by atoms with Crippen molar-refractivity contribution in [3.63, 3.8) is 0 Å². The smallest absolute Gasteiger partial charge is 0.237 e. The van der Waals surface area contributed by atoms with Crippen LogP contribution in [0.4, 0.5) is 0 Å². The Bertz CT molecular complexity index is 636. The lowest BCUT2D eigenvalue weighted by atomic mass is 9.87. The summed E-state index contributed by atoms with van der Waals surface area (Å²) in [5, 5.41) is 8.12. The number of nitrogens with zero attached hydrogens (tertiary/aromatic N) is 2. The minimum Gasteiger partial charge on any atom is -0.368 e. The number of amides is 1. The molecule has 106 valence electrons. The molecule has 1 atom stereocenters. The standard InChI is InChI=1S/C15H20N4O/c1-15(14(16)20)6-2-3-7-19(15)10-11-4-5-12-9-17-18-13(12)8-11/h4-5,8-9H,2-3,6-7,10H2,1H3,(H2,16,20)(H,17,18)/t15-/m0/s1. The highest BCUT2D eigenvalue weighted by molar-refractivity contribution is 5.84. The molecule has 0 saturated carbocycles. The molecular formula is C15H20N4O. The number of hydrogen-bond donors (Lipinski definition) is 2. The van der Waals surface area contributed by atoms with Gasteiger partial charge in [-0.2, -0.15) is 5.10 Å². The molecule has 0 aliphatic carbocycles. The number of likely N-dealkylation sites (tertiary alicyclic amines) is 1. The zero-order valence-electron chi connectivity index (χ0n) is 11.7. The summed E-state index contributed by atoms with van der Waals surface area (Å²) in [6, 6.07) is 6.24. The van der Waals surface area contributed by atoms with Crippen molar-refractivity contribution in [1.29, 1.82) is 0 Å². The molecule has 3 N–H and O–H groups in total. The number of carbonyl (C=O) groups is 1. The van der Waals surface area contributed by atoms with Gasteiger partial charge in [0.25, 0.3) is 0 Å². The average molecular weight is 272 g/mol. The normalized spacial score (nSPS) is 24.1. The third-order valence-electron chi connectivity index (χ3n) is 4.45. The number of H-pyrrole nitrogens is 1. The van der Waals surface area contributed by atoms with Crippen molar-refractivity contribution in [2.45, 2.75) is 38.3 Å². The van der Waals surface area contributed by atoms with E-state index >= 15 is 0 Å². The Morgan fingerprint density at radius 2 is 2.35 bits per heavy atom. The topological polar surface area (TPSA) is 75.0 Å². The summed E-state index contributed by atoms with van der Waals surface area (Å²) >= 11 is 0. The summed E-state index contributed by atoms with van der Waals surface area (Å²) in [5.41, 5.74) is 7.30. The first-order chi connectivity index (χ1) is 9.59. The number of aromatic nitrogens is 2. The molecule has 0 spiro atoms. The number of benzene rings is 1. The summed E-state index contributed by atoms with van der Waals surface area (Å²) in [7, 11) is 0. The van der Waals surface area contributed by atoms with Crippen LogP contribution in [0.2, 0.25) is 0 Å².